The van der Waals surface area contributed by atoms with Crippen LogP contribution in [-0.2, 0) is 11.8 Å². The third-order valence-corrected chi connectivity index (χ3v) is 6.88. The van der Waals surface area contributed by atoms with Gasteiger partial charge in [-0.25, -0.2) is 4.98 Å². The lowest BCUT2D eigenvalue weighted by Crippen LogP contribution is -2.53. The first-order chi connectivity index (χ1) is 13.6. The van der Waals surface area contributed by atoms with Crippen LogP contribution in [0, 0.1) is 0 Å². The van der Waals surface area contributed by atoms with Crippen LogP contribution in [0.5, 0.6) is 0 Å². The minimum absolute atomic E-state index is 0.326. The molecule has 0 unspecified atom stereocenters. The number of pyridine rings is 1. The van der Waals surface area contributed by atoms with Crippen LogP contribution < -0.4 is 0 Å². The van der Waals surface area contributed by atoms with E-state index in [0.29, 0.717) is 11.5 Å². The second-order valence-electron chi connectivity index (χ2n) is 8.64. The molecule has 6 heteroatoms. The van der Waals surface area contributed by atoms with Crippen molar-refractivity contribution >= 4 is 11.0 Å². The summed E-state index contributed by atoms with van der Waals surface area (Å²) in [5.41, 5.74) is 4.98. The number of nitrogens with zero attached hydrogens (tertiary/aromatic N) is 4. The van der Waals surface area contributed by atoms with Gasteiger partial charge in [-0.1, -0.05) is 0 Å². The predicted octanol–water partition coefficient (Wildman–Crippen LogP) is 3.71. The second kappa shape index (κ2) is 7.01. The van der Waals surface area contributed by atoms with Gasteiger partial charge in [0.25, 0.3) is 0 Å². The average molecular weight is 380 g/mol. The number of rotatable bonds is 3. The summed E-state index contributed by atoms with van der Waals surface area (Å²) >= 11 is 0. The lowest BCUT2D eigenvalue weighted by molar-refractivity contribution is -0.0314. The molecule has 0 aromatic carbocycles. The molecule has 6 nitrogen and oxygen atoms in total. The summed E-state index contributed by atoms with van der Waals surface area (Å²) in [4.78, 5) is 10.7. The van der Waals surface area contributed by atoms with E-state index in [4.69, 9.17) is 9.72 Å². The predicted molar refractivity (Wildman–Crippen MR) is 110 cm³/mol. The van der Waals surface area contributed by atoms with Gasteiger partial charge in [0.1, 0.15) is 5.65 Å². The summed E-state index contributed by atoms with van der Waals surface area (Å²) in [6, 6.07) is 2.35. The fraction of sp³-hybridized carbons (Fsp3) is 0.545. The maximum atomic E-state index is 5.55. The fourth-order valence-electron chi connectivity index (χ4n) is 5.03. The minimum Gasteiger partial charge on any atom is -0.379 e. The second-order valence-corrected chi connectivity index (χ2v) is 8.64. The molecule has 5 rings (SSSR count). The highest BCUT2D eigenvalue weighted by Gasteiger charge is 2.37. The number of fused-ring (bicyclic) bond motifs is 1. The lowest BCUT2D eigenvalue weighted by atomic mass is 9.74. The monoisotopic (exact) mass is 379 g/mol. The van der Waals surface area contributed by atoms with Crippen molar-refractivity contribution in [2.45, 2.75) is 44.1 Å². The molecular weight excluding hydrogens is 350 g/mol. The van der Waals surface area contributed by atoms with Crippen LogP contribution in [0.4, 0.5) is 0 Å². The molecule has 1 aliphatic heterocycles. The van der Waals surface area contributed by atoms with E-state index in [1.807, 2.05) is 17.9 Å². The van der Waals surface area contributed by atoms with Crippen LogP contribution in [0.15, 0.2) is 30.9 Å². The van der Waals surface area contributed by atoms with E-state index >= 15 is 0 Å². The molecule has 0 atom stereocenters. The number of nitrogens with one attached hydrogen (secondary N) is 1. The Kier molecular flexibility index (Phi) is 4.48. The van der Waals surface area contributed by atoms with Crippen molar-refractivity contribution in [1.82, 2.24) is 24.6 Å². The van der Waals surface area contributed by atoms with Crippen molar-refractivity contribution in [3.63, 3.8) is 0 Å². The largest absolute Gasteiger partial charge is 0.379 e. The Labute approximate surface area is 165 Å². The van der Waals surface area contributed by atoms with Gasteiger partial charge < -0.3 is 9.72 Å². The van der Waals surface area contributed by atoms with Crippen molar-refractivity contribution in [3.8, 4) is 11.1 Å². The third-order valence-electron chi connectivity index (χ3n) is 6.88. The number of hydrogen-bond acceptors (Lipinski definition) is 4. The number of H-pyrrole nitrogens is 1. The maximum absolute atomic E-state index is 5.55. The normalized spacial score (nSPS) is 26.7. The van der Waals surface area contributed by atoms with Crippen LogP contribution in [0.25, 0.3) is 22.2 Å². The van der Waals surface area contributed by atoms with Crippen LogP contribution in [0.1, 0.15) is 44.1 Å². The maximum Gasteiger partial charge on any atom is 0.137 e. The molecule has 148 valence electrons. The summed E-state index contributed by atoms with van der Waals surface area (Å²) in [7, 11) is 1.95. The van der Waals surface area contributed by atoms with Crippen LogP contribution in [-0.4, -0.2) is 56.5 Å². The molecule has 0 amide bonds. The summed E-state index contributed by atoms with van der Waals surface area (Å²) in [5, 5.41) is 5.52. The van der Waals surface area contributed by atoms with Gasteiger partial charge in [0.15, 0.2) is 0 Å². The Morgan fingerprint density at radius 2 is 1.96 bits per heavy atom. The van der Waals surface area contributed by atoms with E-state index in [-0.39, 0.29) is 0 Å². The summed E-state index contributed by atoms with van der Waals surface area (Å²) in [6.45, 7) is 6.36. The Bertz CT molecular complexity index is 960. The molecule has 0 spiro atoms. The van der Waals surface area contributed by atoms with Crippen LogP contribution >= 0.6 is 0 Å². The van der Waals surface area contributed by atoms with Gasteiger partial charge in [-0.15, -0.1) is 0 Å². The minimum atomic E-state index is 0.326. The van der Waals surface area contributed by atoms with E-state index in [1.165, 1.54) is 42.2 Å². The fourth-order valence-corrected chi connectivity index (χ4v) is 5.03. The highest BCUT2D eigenvalue weighted by atomic mass is 16.5. The molecule has 1 aliphatic carbocycles. The van der Waals surface area contributed by atoms with Crippen molar-refractivity contribution in [2.75, 3.05) is 26.3 Å². The summed E-state index contributed by atoms with van der Waals surface area (Å²) < 4.78 is 7.40. The number of morpholine rings is 1. The zero-order valence-corrected chi connectivity index (χ0v) is 16.8. The zero-order valence-electron chi connectivity index (χ0n) is 16.8. The number of hydrogen-bond donors (Lipinski definition) is 1. The van der Waals surface area contributed by atoms with Gasteiger partial charge in [-0.05, 0) is 50.2 Å². The smallest absolute Gasteiger partial charge is 0.137 e. The quantitative estimate of drug-likeness (QED) is 0.754. The summed E-state index contributed by atoms with van der Waals surface area (Å²) in [5.74, 6) is 0.600. The Balaban J connectivity index is 1.37. The van der Waals surface area contributed by atoms with E-state index in [9.17, 15) is 0 Å². The first kappa shape index (κ1) is 17.9. The first-order valence-corrected chi connectivity index (χ1v) is 10.4. The lowest BCUT2D eigenvalue weighted by Gasteiger charge is -2.47. The Morgan fingerprint density at radius 1 is 1.18 bits per heavy atom. The van der Waals surface area contributed by atoms with E-state index in [1.54, 1.807) is 0 Å². The highest BCUT2D eigenvalue weighted by Crippen LogP contribution is 2.42. The summed E-state index contributed by atoms with van der Waals surface area (Å²) in [6.07, 6.45) is 13.1. The molecular formula is C22H29N5O. The average Bonchev–Trinajstić information content (AvgIpc) is 3.34. The molecule has 28 heavy (non-hydrogen) atoms. The number of aromatic nitrogens is 4. The number of ether oxygens (including phenoxy) is 1. The number of aromatic amines is 1. The van der Waals surface area contributed by atoms with Crippen molar-refractivity contribution in [2.24, 2.45) is 7.05 Å². The van der Waals surface area contributed by atoms with Gasteiger partial charge in [0, 0.05) is 60.8 Å². The Morgan fingerprint density at radius 3 is 2.68 bits per heavy atom. The third kappa shape index (κ3) is 3.14. The van der Waals surface area contributed by atoms with E-state index < -0.39 is 0 Å². The van der Waals surface area contributed by atoms with Crippen molar-refractivity contribution in [3.05, 3.63) is 36.4 Å². The molecule has 1 saturated heterocycles. The molecule has 0 bridgehead atoms. The molecule has 3 aromatic rings. The molecule has 3 aromatic heterocycles. The SMILES string of the molecule is Cn1cc(-c2c[nH]c3ncc([C@H]4CC[C@@](C)(N5CCOCC5)CC4)cc23)cn1. The van der Waals surface area contributed by atoms with E-state index in [0.717, 1.165) is 37.5 Å². The molecule has 0 radical (unpaired) electrons. The standard InChI is InChI=1S/C22H29N5O/c1-22(27-7-9-28-10-8-27)5-3-16(4-6-22)17-11-19-20(14-24-21(19)23-12-17)18-13-25-26(2)15-18/h11-16H,3-10H2,1-2H3,(H,23,24)/t16-,22+. The van der Waals surface area contributed by atoms with Gasteiger partial charge in [-0.3, -0.25) is 9.58 Å². The molecule has 4 heterocycles. The molecule has 2 aliphatic rings. The molecule has 1 saturated carbocycles. The number of aryl methyl sites for hydroxylation is 1. The van der Waals surface area contributed by atoms with Crippen LogP contribution in [0.2, 0.25) is 0 Å². The highest BCUT2D eigenvalue weighted by molar-refractivity contribution is 5.93. The van der Waals surface area contributed by atoms with E-state index in [2.05, 4.69) is 46.6 Å². The topological polar surface area (TPSA) is 59.0 Å². The Hall–Kier alpha value is -2.18. The first-order valence-electron chi connectivity index (χ1n) is 10.4. The van der Waals surface area contributed by atoms with Gasteiger partial charge in [0.05, 0.1) is 19.4 Å². The van der Waals surface area contributed by atoms with Gasteiger partial charge >= 0.3 is 0 Å². The van der Waals surface area contributed by atoms with Crippen molar-refractivity contribution in [1.29, 1.82) is 0 Å². The van der Waals surface area contributed by atoms with Gasteiger partial charge in [0.2, 0.25) is 0 Å². The molecule has 1 N–H and O–H groups in total. The van der Waals surface area contributed by atoms with Crippen LogP contribution in [0.3, 0.4) is 0 Å². The zero-order chi connectivity index (χ0) is 19.1. The van der Waals surface area contributed by atoms with Crippen molar-refractivity contribution < 1.29 is 4.74 Å². The van der Waals surface area contributed by atoms with Gasteiger partial charge in [-0.2, -0.15) is 5.10 Å². The molecule has 2 fully saturated rings.